The molecule has 1 saturated heterocycles. The zero-order valence-electron chi connectivity index (χ0n) is 17.4. The van der Waals surface area contributed by atoms with Crippen LogP contribution in [-0.4, -0.2) is 45.7 Å². The molecule has 7 heteroatoms. The van der Waals surface area contributed by atoms with E-state index in [0.29, 0.717) is 19.4 Å². The van der Waals surface area contributed by atoms with Gasteiger partial charge in [-0.1, -0.05) is 18.2 Å². The van der Waals surface area contributed by atoms with Crippen molar-refractivity contribution < 1.29 is 14.3 Å². The van der Waals surface area contributed by atoms with Crippen LogP contribution in [0.15, 0.2) is 30.5 Å². The third-order valence-electron chi connectivity index (χ3n) is 5.08. The summed E-state index contributed by atoms with van der Waals surface area (Å²) in [6.07, 6.45) is 3.12. The Morgan fingerprint density at radius 2 is 2.07 bits per heavy atom. The number of alkyl carbamates (subject to hydrolysis) is 1. The maximum Gasteiger partial charge on any atom is 0.408 e. The number of carbonyl (C=O) groups excluding carboxylic acids is 2. The number of rotatable bonds is 4. The van der Waals surface area contributed by atoms with Crippen molar-refractivity contribution in [3.63, 3.8) is 0 Å². The molecule has 7 nitrogen and oxygen atoms in total. The molecule has 2 atom stereocenters. The Morgan fingerprint density at radius 3 is 2.76 bits per heavy atom. The Hall–Kier alpha value is -3.01. The van der Waals surface area contributed by atoms with Crippen LogP contribution in [0.5, 0.6) is 0 Å². The van der Waals surface area contributed by atoms with Gasteiger partial charge in [-0.2, -0.15) is 5.26 Å². The fraction of sp³-hybridized carbons (Fsp3) is 0.500. The van der Waals surface area contributed by atoms with E-state index in [1.807, 2.05) is 42.1 Å². The van der Waals surface area contributed by atoms with Crippen LogP contribution in [0.4, 0.5) is 4.79 Å². The van der Waals surface area contributed by atoms with E-state index in [1.54, 1.807) is 25.7 Å². The molecule has 1 fully saturated rings. The van der Waals surface area contributed by atoms with E-state index >= 15 is 0 Å². The molecule has 154 valence electrons. The van der Waals surface area contributed by atoms with Gasteiger partial charge in [-0.05, 0) is 45.2 Å². The Bertz CT molecular complexity index is 951. The standard InChI is InChI=1S/C22H28N4O3/c1-22(2,3)29-21(28)24-18(20(27)26-11-7-8-16(26)13-23)12-15-14-25(4)19-10-6-5-9-17(15)19/h5-6,9-10,14,16,18H,7-8,11-12H2,1-4H3,(H,24,28)/t16-,18+/m0/s1. The van der Waals surface area contributed by atoms with Gasteiger partial charge in [-0.15, -0.1) is 0 Å². The third kappa shape index (κ3) is 4.70. The van der Waals surface area contributed by atoms with Gasteiger partial charge in [0.15, 0.2) is 0 Å². The molecule has 1 aliphatic rings. The lowest BCUT2D eigenvalue weighted by Gasteiger charge is -2.27. The summed E-state index contributed by atoms with van der Waals surface area (Å²) < 4.78 is 7.38. The van der Waals surface area contributed by atoms with Gasteiger partial charge in [0, 0.05) is 37.1 Å². The second-order valence-corrected chi connectivity index (χ2v) is 8.50. The molecule has 0 saturated carbocycles. The lowest BCUT2D eigenvalue weighted by Crippen LogP contribution is -2.51. The number of aryl methyl sites for hydroxylation is 1. The average Bonchev–Trinajstić information content (AvgIpc) is 3.24. The highest BCUT2D eigenvalue weighted by Gasteiger charge is 2.35. The molecule has 1 N–H and O–H groups in total. The lowest BCUT2D eigenvalue weighted by molar-refractivity contribution is -0.133. The fourth-order valence-electron chi connectivity index (χ4n) is 3.82. The molecule has 1 aromatic heterocycles. The van der Waals surface area contributed by atoms with Crippen LogP contribution in [0.25, 0.3) is 10.9 Å². The van der Waals surface area contributed by atoms with Gasteiger partial charge in [-0.3, -0.25) is 4.79 Å². The minimum Gasteiger partial charge on any atom is -0.444 e. The smallest absolute Gasteiger partial charge is 0.408 e. The number of fused-ring (bicyclic) bond motifs is 1. The Kier molecular flexibility index (Phi) is 5.83. The first-order chi connectivity index (χ1) is 13.7. The number of benzene rings is 1. The maximum atomic E-state index is 13.3. The fourth-order valence-corrected chi connectivity index (χ4v) is 3.82. The van der Waals surface area contributed by atoms with Crippen molar-refractivity contribution in [2.75, 3.05) is 6.54 Å². The van der Waals surface area contributed by atoms with Crippen LogP contribution in [0.1, 0.15) is 39.2 Å². The number of hydrogen-bond donors (Lipinski definition) is 1. The number of ether oxygens (including phenoxy) is 1. The van der Waals surface area contributed by atoms with E-state index in [9.17, 15) is 14.9 Å². The Morgan fingerprint density at radius 1 is 1.34 bits per heavy atom. The number of nitrogens with one attached hydrogen (secondary N) is 1. The minimum atomic E-state index is -0.801. The number of para-hydroxylation sites is 1. The molecule has 1 aliphatic heterocycles. The first kappa shape index (κ1) is 20.7. The summed E-state index contributed by atoms with van der Waals surface area (Å²) in [7, 11) is 1.95. The summed E-state index contributed by atoms with van der Waals surface area (Å²) in [4.78, 5) is 27.3. The first-order valence-electron chi connectivity index (χ1n) is 9.92. The molecule has 2 heterocycles. The molecule has 0 aliphatic carbocycles. The predicted molar refractivity (Wildman–Crippen MR) is 110 cm³/mol. The largest absolute Gasteiger partial charge is 0.444 e. The van der Waals surface area contributed by atoms with E-state index in [-0.39, 0.29) is 5.91 Å². The van der Waals surface area contributed by atoms with Crippen LogP contribution in [0.3, 0.4) is 0 Å². The van der Waals surface area contributed by atoms with Crippen LogP contribution in [0, 0.1) is 11.3 Å². The van der Waals surface area contributed by atoms with E-state index in [2.05, 4.69) is 11.4 Å². The molecule has 2 amide bonds. The molecule has 0 bridgehead atoms. The minimum absolute atomic E-state index is 0.243. The number of amides is 2. The summed E-state index contributed by atoms with van der Waals surface area (Å²) in [6.45, 7) is 5.86. The lowest BCUT2D eigenvalue weighted by atomic mass is 10.0. The predicted octanol–water partition coefficient (Wildman–Crippen LogP) is 3.13. The number of aromatic nitrogens is 1. The molecule has 2 aromatic rings. The Labute approximate surface area is 171 Å². The number of likely N-dealkylation sites (tertiary alicyclic amines) is 1. The highest BCUT2D eigenvalue weighted by atomic mass is 16.6. The number of hydrogen-bond acceptors (Lipinski definition) is 4. The second kappa shape index (κ2) is 8.16. The van der Waals surface area contributed by atoms with E-state index < -0.39 is 23.8 Å². The molecule has 1 aromatic carbocycles. The monoisotopic (exact) mass is 396 g/mol. The van der Waals surface area contributed by atoms with Gasteiger partial charge in [0.25, 0.3) is 0 Å². The topological polar surface area (TPSA) is 87.4 Å². The maximum absolute atomic E-state index is 13.3. The van der Waals surface area contributed by atoms with Gasteiger partial charge in [0.1, 0.15) is 17.7 Å². The zero-order chi connectivity index (χ0) is 21.2. The van der Waals surface area contributed by atoms with Gasteiger partial charge in [-0.25, -0.2) is 4.79 Å². The van der Waals surface area contributed by atoms with Gasteiger partial charge in [0.05, 0.1) is 6.07 Å². The summed E-state index contributed by atoms with van der Waals surface area (Å²) in [5.74, 6) is -0.243. The van der Waals surface area contributed by atoms with Crippen molar-refractivity contribution in [1.29, 1.82) is 5.26 Å². The first-order valence-corrected chi connectivity index (χ1v) is 9.92. The van der Waals surface area contributed by atoms with Crippen molar-refractivity contribution in [3.8, 4) is 6.07 Å². The second-order valence-electron chi connectivity index (χ2n) is 8.50. The number of nitriles is 1. The summed E-state index contributed by atoms with van der Waals surface area (Å²) in [6, 6.07) is 8.90. The average molecular weight is 396 g/mol. The molecule has 0 unspecified atom stereocenters. The van der Waals surface area contributed by atoms with E-state index in [0.717, 1.165) is 22.9 Å². The summed E-state index contributed by atoms with van der Waals surface area (Å²) >= 11 is 0. The van der Waals surface area contributed by atoms with Crippen LogP contribution in [-0.2, 0) is 23.0 Å². The van der Waals surface area contributed by atoms with Crippen molar-refractivity contribution in [2.45, 2.75) is 57.7 Å². The molecule has 3 rings (SSSR count). The quantitative estimate of drug-likeness (QED) is 0.860. The van der Waals surface area contributed by atoms with Crippen LogP contribution < -0.4 is 5.32 Å². The normalized spacial score (nSPS) is 17.8. The zero-order valence-corrected chi connectivity index (χ0v) is 17.4. The van der Waals surface area contributed by atoms with Crippen molar-refractivity contribution in [1.82, 2.24) is 14.8 Å². The molecular weight excluding hydrogens is 368 g/mol. The molecule has 29 heavy (non-hydrogen) atoms. The van der Waals surface area contributed by atoms with Crippen molar-refractivity contribution >= 4 is 22.9 Å². The van der Waals surface area contributed by atoms with E-state index in [4.69, 9.17) is 4.74 Å². The highest BCUT2D eigenvalue weighted by Crippen LogP contribution is 2.24. The van der Waals surface area contributed by atoms with Crippen molar-refractivity contribution in [3.05, 3.63) is 36.0 Å². The number of carbonyl (C=O) groups is 2. The molecule has 0 spiro atoms. The van der Waals surface area contributed by atoms with Crippen molar-refractivity contribution in [2.24, 2.45) is 7.05 Å². The Balaban J connectivity index is 1.88. The van der Waals surface area contributed by atoms with Gasteiger partial charge >= 0.3 is 6.09 Å². The number of nitrogens with zero attached hydrogens (tertiary/aromatic N) is 3. The van der Waals surface area contributed by atoms with Crippen LogP contribution >= 0.6 is 0 Å². The van der Waals surface area contributed by atoms with E-state index in [1.165, 1.54) is 0 Å². The highest BCUT2D eigenvalue weighted by molar-refractivity contribution is 5.89. The third-order valence-corrected chi connectivity index (χ3v) is 5.08. The van der Waals surface area contributed by atoms with Gasteiger partial charge in [0.2, 0.25) is 5.91 Å². The molecular formula is C22H28N4O3. The van der Waals surface area contributed by atoms with Gasteiger partial charge < -0.3 is 19.5 Å². The van der Waals surface area contributed by atoms with Crippen LogP contribution in [0.2, 0.25) is 0 Å². The summed E-state index contributed by atoms with van der Waals surface area (Å²) in [5.41, 5.74) is 1.35. The molecule has 0 radical (unpaired) electrons. The SMILES string of the molecule is Cn1cc(C[C@@H](NC(=O)OC(C)(C)C)C(=O)N2CCC[C@H]2C#N)c2ccccc21. The summed E-state index contributed by atoms with van der Waals surface area (Å²) in [5, 5.41) is 13.2.